The minimum absolute atomic E-state index is 0.0132. The van der Waals surface area contributed by atoms with Gasteiger partial charge in [0, 0.05) is 19.3 Å². The van der Waals surface area contributed by atoms with Crippen molar-refractivity contribution in [3.8, 4) is 0 Å². The fourth-order valence-electron chi connectivity index (χ4n) is 8.62. The van der Waals surface area contributed by atoms with Crippen LogP contribution in [0, 0.1) is 11.8 Å². The second-order valence-electron chi connectivity index (χ2n) is 18.9. The van der Waals surface area contributed by atoms with Crippen LogP contribution in [0.15, 0.2) is 0 Å². The van der Waals surface area contributed by atoms with Gasteiger partial charge in [0.1, 0.15) is 6.10 Å². The molecule has 0 spiro atoms. The first-order valence-electron chi connectivity index (χ1n) is 27.0. The van der Waals surface area contributed by atoms with E-state index in [0.29, 0.717) is 44.3 Å². The van der Waals surface area contributed by atoms with Crippen molar-refractivity contribution < 1.29 is 28.6 Å². The summed E-state index contributed by atoms with van der Waals surface area (Å²) in [6, 6.07) is 0. The van der Waals surface area contributed by atoms with Crippen LogP contribution < -0.4 is 0 Å². The minimum Gasteiger partial charge on any atom is -0.466 e. The van der Waals surface area contributed by atoms with Crippen LogP contribution in [-0.2, 0) is 28.6 Å². The van der Waals surface area contributed by atoms with Crippen molar-refractivity contribution in [2.75, 3.05) is 33.4 Å². The van der Waals surface area contributed by atoms with Crippen molar-refractivity contribution in [3.63, 3.8) is 0 Å². The zero-order chi connectivity index (χ0) is 44.9. The molecular weight excluding hydrogens is 759 g/mol. The normalized spacial score (nSPS) is 11.7. The van der Waals surface area contributed by atoms with Crippen LogP contribution in [0.1, 0.15) is 279 Å². The van der Waals surface area contributed by atoms with Crippen LogP contribution in [0.25, 0.3) is 0 Å². The zero-order valence-corrected chi connectivity index (χ0v) is 41.8. The van der Waals surface area contributed by atoms with Gasteiger partial charge in [-0.25, -0.2) is 0 Å². The Kier molecular flexibility index (Phi) is 45.1. The molecule has 0 rings (SSSR count). The highest BCUT2D eigenvalue weighted by Crippen LogP contribution is 2.24. The third-order valence-electron chi connectivity index (χ3n) is 12.9. The largest absolute Gasteiger partial charge is 0.466 e. The molecule has 0 aromatic rings. The fourth-order valence-corrected chi connectivity index (χ4v) is 8.62. The van der Waals surface area contributed by atoms with Gasteiger partial charge in [0.2, 0.25) is 0 Å². The molecule has 0 aromatic carbocycles. The van der Waals surface area contributed by atoms with E-state index in [1.807, 2.05) is 0 Å². The first-order valence-corrected chi connectivity index (χ1v) is 27.0. The smallest absolute Gasteiger partial charge is 0.306 e. The monoisotopic (exact) mass is 864 g/mol. The van der Waals surface area contributed by atoms with E-state index in [0.717, 1.165) is 70.9 Å². The van der Waals surface area contributed by atoms with Crippen molar-refractivity contribution in [2.24, 2.45) is 11.8 Å². The van der Waals surface area contributed by atoms with Crippen molar-refractivity contribution in [1.29, 1.82) is 0 Å². The molecule has 0 N–H and O–H groups in total. The molecule has 0 radical (unpaired) electrons. The second-order valence-corrected chi connectivity index (χ2v) is 18.9. The van der Waals surface area contributed by atoms with Crippen LogP contribution in [0.5, 0.6) is 0 Å². The van der Waals surface area contributed by atoms with Gasteiger partial charge in [0.05, 0.1) is 13.2 Å². The van der Waals surface area contributed by atoms with Gasteiger partial charge in [-0.05, 0) is 103 Å². The van der Waals surface area contributed by atoms with Crippen molar-refractivity contribution in [1.82, 2.24) is 4.90 Å². The van der Waals surface area contributed by atoms with Gasteiger partial charge in [0.25, 0.3) is 0 Å². The first-order chi connectivity index (χ1) is 29.8. The standard InChI is InChI=1S/C54H105NO6/c1-7-12-28-37-49(38-29-13-8-2)47-53(57)59-45-34-26-22-18-16-20-24-32-41-51(61-52(56)43-36-44-55(6)11-5)42-33-25-21-17-19-23-27-35-46-60-54(58)48-50(39-30-14-9-3)40-31-15-10-4/h49-51H,7-48H2,1-6H3. The number of ether oxygens (including phenoxy) is 3. The van der Waals surface area contributed by atoms with E-state index in [1.165, 1.54) is 167 Å². The molecule has 7 heteroatoms. The van der Waals surface area contributed by atoms with Crippen LogP contribution in [0.4, 0.5) is 0 Å². The van der Waals surface area contributed by atoms with Gasteiger partial charge in [-0.15, -0.1) is 0 Å². The van der Waals surface area contributed by atoms with Crippen LogP contribution >= 0.6 is 0 Å². The van der Waals surface area contributed by atoms with E-state index in [2.05, 4.69) is 46.6 Å². The maximum Gasteiger partial charge on any atom is 0.306 e. The molecule has 0 unspecified atom stereocenters. The quantitative estimate of drug-likeness (QED) is 0.0342. The van der Waals surface area contributed by atoms with Gasteiger partial charge in [-0.2, -0.15) is 0 Å². The molecule has 0 saturated heterocycles. The molecule has 0 saturated carbocycles. The van der Waals surface area contributed by atoms with Crippen LogP contribution in [0.2, 0.25) is 0 Å². The molecule has 362 valence electrons. The lowest BCUT2D eigenvalue weighted by atomic mass is 9.92. The highest BCUT2D eigenvalue weighted by molar-refractivity contribution is 5.70. The Morgan fingerprint density at radius 3 is 1.07 bits per heavy atom. The summed E-state index contributed by atoms with van der Waals surface area (Å²) in [7, 11) is 2.10. The minimum atomic E-state index is -0.0246. The Labute approximate surface area is 380 Å². The predicted molar refractivity (Wildman–Crippen MR) is 260 cm³/mol. The molecule has 0 heterocycles. The lowest BCUT2D eigenvalue weighted by Gasteiger charge is -2.19. The van der Waals surface area contributed by atoms with Crippen LogP contribution in [-0.4, -0.2) is 62.3 Å². The van der Waals surface area contributed by atoms with E-state index in [-0.39, 0.29) is 24.0 Å². The SMILES string of the molecule is CCCCCC(CCCCC)CC(=O)OCCCCCCCCCCC(CCCCCCCCCCOC(=O)CC(CCCCC)CCCCC)OC(=O)CCCN(C)CC. The first kappa shape index (κ1) is 59.4. The molecule has 0 aromatic heterocycles. The average Bonchev–Trinajstić information content (AvgIpc) is 3.24. The molecule has 0 amide bonds. The van der Waals surface area contributed by atoms with Crippen molar-refractivity contribution >= 4 is 17.9 Å². The molecule has 7 nitrogen and oxygen atoms in total. The van der Waals surface area contributed by atoms with Gasteiger partial charge >= 0.3 is 17.9 Å². The maximum absolute atomic E-state index is 12.8. The Bertz CT molecular complexity index is 878. The lowest BCUT2D eigenvalue weighted by molar-refractivity contribution is -0.150. The van der Waals surface area contributed by atoms with Crippen LogP contribution in [0.3, 0.4) is 0 Å². The third kappa shape index (κ3) is 42.1. The van der Waals surface area contributed by atoms with Gasteiger partial charge in [-0.3, -0.25) is 14.4 Å². The topological polar surface area (TPSA) is 82.1 Å². The molecule has 61 heavy (non-hydrogen) atoms. The number of hydrogen-bond donors (Lipinski definition) is 0. The summed E-state index contributed by atoms with van der Waals surface area (Å²) >= 11 is 0. The summed E-state index contributed by atoms with van der Waals surface area (Å²) in [6.07, 6.45) is 42.8. The predicted octanol–water partition coefficient (Wildman–Crippen LogP) is 16.1. The summed E-state index contributed by atoms with van der Waals surface area (Å²) in [5.74, 6) is 0.996. The molecule has 0 atom stereocenters. The highest BCUT2D eigenvalue weighted by atomic mass is 16.5. The Balaban J connectivity index is 4.25. The number of esters is 3. The zero-order valence-electron chi connectivity index (χ0n) is 41.8. The van der Waals surface area contributed by atoms with E-state index < -0.39 is 0 Å². The number of unbranched alkanes of at least 4 members (excludes halogenated alkanes) is 22. The second kappa shape index (κ2) is 46.4. The summed E-state index contributed by atoms with van der Waals surface area (Å²) in [5.41, 5.74) is 0. The van der Waals surface area contributed by atoms with E-state index in [4.69, 9.17) is 14.2 Å². The number of carbonyl (C=O) groups excluding carboxylic acids is 3. The van der Waals surface area contributed by atoms with E-state index in [9.17, 15) is 14.4 Å². The Morgan fingerprint density at radius 1 is 0.393 bits per heavy atom. The number of carbonyl (C=O) groups is 3. The summed E-state index contributed by atoms with van der Waals surface area (Å²) in [6.45, 7) is 14.2. The number of rotatable bonds is 48. The van der Waals surface area contributed by atoms with E-state index >= 15 is 0 Å². The summed E-state index contributed by atoms with van der Waals surface area (Å²) in [4.78, 5) is 40.0. The van der Waals surface area contributed by atoms with Gasteiger partial charge in [-0.1, -0.05) is 189 Å². The van der Waals surface area contributed by atoms with Crippen molar-refractivity contribution in [2.45, 2.75) is 285 Å². The fraction of sp³-hybridized carbons (Fsp3) is 0.944. The van der Waals surface area contributed by atoms with Gasteiger partial charge in [0.15, 0.2) is 0 Å². The van der Waals surface area contributed by atoms with Crippen molar-refractivity contribution in [3.05, 3.63) is 0 Å². The molecule has 0 aliphatic rings. The Morgan fingerprint density at radius 2 is 0.721 bits per heavy atom. The summed E-state index contributed by atoms with van der Waals surface area (Å²) in [5, 5.41) is 0. The molecule has 0 fully saturated rings. The molecule has 0 bridgehead atoms. The molecule has 0 aliphatic heterocycles. The van der Waals surface area contributed by atoms with E-state index in [1.54, 1.807) is 0 Å². The maximum atomic E-state index is 12.8. The molecular formula is C54H105NO6. The Hall–Kier alpha value is -1.63. The number of nitrogens with zero attached hydrogens (tertiary/aromatic N) is 1. The average molecular weight is 864 g/mol. The lowest BCUT2D eigenvalue weighted by Crippen LogP contribution is -2.22. The summed E-state index contributed by atoms with van der Waals surface area (Å²) < 4.78 is 17.4. The molecule has 0 aliphatic carbocycles. The third-order valence-corrected chi connectivity index (χ3v) is 12.9. The highest BCUT2D eigenvalue weighted by Gasteiger charge is 2.17. The van der Waals surface area contributed by atoms with Gasteiger partial charge < -0.3 is 19.1 Å². The number of hydrogen-bond acceptors (Lipinski definition) is 7.